The molecule has 1 aliphatic carbocycles. The predicted molar refractivity (Wildman–Crippen MR) is 57.8 cm³/mol. The van der Waals surface area contributed by atoms with Crippen LogP contribution in [0.2, 0.25) is 0 Å². The van der Waals surface area contributed by atoms with Gasteiger partial charge in [0.2, 0.25) is 0 Å². The van der Waals surface area contributed by atoms with Gasteiger partial charge in [-0.05, 0) is 25.0 Å². The molecule has 1 aliphatic rings. The summed E-state index contributed by atoms with van der Waals surface area (Å²) in [5, 5.41) is 13.2. The second kappa shape index (κ2) is 5.05. The molecule has 1 amide bonds. The number of H-pyrrole nitrogens is 1. The zero-order chi connectivity index (χ0) is 11.4. The minimum Gasteiger partial charge on any atom is -0.333 e. The van der Waals surface area contributed by atoms with E-state index in [0.29, 0.717) is 12.6 Å². The Kier molecular flexibility index (Phi) is 3.48. The van der Waals surface area contributed by atoms with Crippen LogP contribution in [0.15, 0.2) is 0 Å². The van der Waals surface area contributed by atoms with Crippen LogP contribution in [-0.2, 0) is 0 Å². The molecule has 0 aliphatic heterocycles. The first-order chi connectivity index (χ1) is 7.83. The van der Waals surface area contributed by atoms with E-state index in [1.54, 1.807) is 0 Å². The number of aromatic amines is 1. The van der Waals surface area contributed by atoms with Crippen molar-refractivity contribution < 1.29 is 4.79 Å². The number of carbonyl (C=O) groups is 1. The van der Waals surface area contributed by atoms with Crippen LogP contribution >= 0.6 is 0 Å². The number of carbonyl (C=O) groups excluding carboxylic acids is 1. The molecule has 1 aromatic rings. The van der Waals surface area contributed by atoms with E-state index in [9.17, 15) is 4.79 Å². The molecule has 0 spiro atoms. The van der Waals surface area contributed by atoms with Crippen LogP contribution in [0.4, 0.5) is 0 Å². The minimum atomic E-state index is -0.108. The van der Waals surface area contributed by atoms with Crippen molar-refractivity contribution in [2.75, 3.05) is 6.54 Å². The first-order valence-corrected chi connectivity index (χ1v) is 5.87. The summed E-state index contributed by atoms with van der Waals surface area (Å²) in [5.41, 5.74) is 0. The average Bonchev–Trinajstić information content (AvgIpc) is 2.85. The van der Waals surface area contributed by atoms with E-state index in [4.69, 9.17) is 0 Å². The fourth-order valence-electron chi connectivity index (χ4n) is 2.34. The van der Waals surface area contributed by atoms with Crippen LogP contribution < -0.4 is 0 Å². The van der Waals surface area contributed by atoms with Crippen LogP contribution in [0.25, 0.3) is 0 Å². The third kappa shape index (κ3) is 2.20. The molecule has 0 saturated heterocycles. The number of aromatic nitrogens is 4. The summed E-state index contributed by atoms with van der Waals surface area (Å²) in [4.78, 5) is 13.9. The Morgan fingerprint density at radius 2 is 2.19 bits per heavy atom. The van der Waals surface area contributed by atoms with Gasteiger partial charge in [-0.25, -0.2) is 0 Å². The Labute approximate surface area is 94.4 Å². The lowest BCUT2D eigenvalue weighted by Gasteiger charge is -2.32. The number of rotatable bonds is 3. The summed E-state index contributed by atoms with van der Waals surface area (Å²) in [6, 6.07) is 0.352. The van der Waals surface area contributed by atoms with Gasteiger partial charge in [0.25, 0.3) is 11.7 Å². The molecule has 1 fully saturated rings. The summed E-state index contributed by atoms with van der Waals surface area (Å²) in [6.45, 7) is 2.70. The SMILES string of the molecule is CCN(C(=O)c1nn[nH]n1)C1CCCCC1. The number of hydrogen-bond acceptors (Lipinski definition) is 4. The first kappa shape index (κ1) is 11.0. The van der Waals surface area contributed by atoms with Crippen LogP contribution in [0.3, 0.4) is 0 Å². The summed E-state index contributed by atoms with van der Waals surface area (Å²) in [6.07, 6.45) is 5.89. The molecule has 1 aromatic heterocycles. The molecule has 0 radical (unpaired) electrons. The van der Waals surface area contributed by atoms with Gasteiger partial charge in [0.15, 0.2) is 0 Å². The van der Waals surface area contributed by atoms with Gasteiger partial charge in [-0.2, -0.15) is 5.21 Å². The van der Waals surface area contributed by atoms with Gasteiger partial charge in [-0.1, -0.05) is 19.3 Å². The lowest BCUT2D eigenvalue weighted by atomic mass is 9.94. The minimum absolute atomic E-state index is 0.108. The highest BCUT2D eigenvalue weighted by Crippen LogP contribution is 2.23. The van der Waals surface area contributed by atoms with Gasteiger partial charge in [-0.3, -0.25) is 4.79 Å². The second-order valence-electron chi connectivity index (χ2n) is 4.12. The van der Waals surface area contributed by atoms with Crippen molar-refractivity contribution >= 4 is 5.91 Å². The van der Waals surface area contributed by atoms with Gasteiger partial charge >= 0.3 is 0 Å². The highest BCUT2D eigenvalue weighted by molar-refractivity contribution is 5.90. The van der Waals surface area contributed by atoms with E-state index in [0.717, 1.165) is 12.8 Å². The molecule has 6 heteroatoms. The van der Waals surface area contributed by atoms with Gasteiger partial charge in [0.1, 0.15) is 0 Å². The zero-order valence-electron chi connectivity index (χ0n) is 9.52. The molecule has 16 heavy (non-hydrogen) atoms. The Bertz CT molecular complexity index is 331. The summed E-state index contributed by atoms with van der Waals surface area (Å²) in [7, 11) is 0. The van der Waals surface area contributed by atoms with Crippen LogP contribution in [0.5, 0.6) is 0 Å². The zero-order valence-corrected chi connectivity index (χ0v) is 9.52. The number of hydrogen-bond donors (Lipinski definition) is 1. The predicted octanol–water partition coefficient (Wildman–Crippen LogP) is 0.994. The highest BCUT2D eigenvalue weighted by atomic mass is 16.2. The monoisotopic (exact) mass is 223 g/mol. The van der Waals surface area contributed by atoms with E-state index in [1.807, 2.05) is 11.8 Å². The third-order valence-electron chi connectivity index (χ3n) is 3.15. The third-order valence-corrected chi connectivity index (χ3v) is 3.15. The van der Waals surface area contributed by atoms with Crippen molar-refractivity contribution in [2.24, 2.45) is 0 Å². The van der Waals surface area contributed by atoms with Gasteiger partial charge in [0, 0.05) is 12.6 Å². The maximum atomic E-state index is 12.1. The van der Waals surface area contributed by atoms with E-state index in [2.05, 4.69) is 20.6 Å². The molecule has 0 atom stereocenters. The molecular weight excluding hydrogens is 206 g/mol. The van der Waals surface area contributed by atoms with Crippen LogP contribution in [-0.4, -0.2) is 44.0 Å². The number of tetrazole rings is 1. The fourth-order valence-corrected chi connectivity index (χ4v) is 2.34. The second-order valence-corrected chi connectivity index (χ2v) is 4.12. The van der Waals surface area contributed by atoms with Crippen molar-refractivity contribution in [1.29, 1.82) is 0 Å². The topological polar surface area (TPSA) is 74.8 Å². The van der Waals surface area contributed by atoms with Crippen molar-refractivity contribution in [3.05, 3.63) is 5.82 Å². The van der Waals surface area contributed by atoms with Crippen molar-refractivity contribution in [3.8, 4) is 0 Å². The van der Waals surface area contributed by atoms with Crippen LogP contribution in [0.1, 0.15) is 49.6 Å². The molecule has 1 N–H and O–H groups in total. The Balaban J connectivity index is 2.06. The van der Waals surface area contributed by atoms with Crippen molar-refractivity contribution in [2.45, 2.75) is 45.1 Å². The summed E-state index contributed by atoms with van der Waals surface area (Å²) >= 11 is 0. The molecule has 0 unspecified atom stereocenters. The number of nitrogens with zero attached hydrogens (tertiary/aromatic N) is 4. The smallest absolute Gasteiger partial charge is 0.295 e. The lowest BCUT2D eigenvalue weighted by molar-refractivity contribution is 0.0635. The Hall–Kier alpha value is -1.46. The molecule has 1 saturated carbocycles. The summed E-state index contributed by atoms with van der Waals surface area (Å²) < 4.78 is 0. The molecular formula is C10H17N5O. The van der Waals surface area contributed by atoms with E-state index < -0.39 is 0 Å². The van der Waals surface area contributed by atoms with Gasteiger partial charge in [-0.15, -0.1) is 10.2 Å². The van der Waals surface area contributed by atoms with E-state index in [-0.39, 0.29) is 11.7 Å². The van der Waals surface area contributed by atoms with Crippen molar-refractivity contribution in [1.82, 2.24) is 25.5 Å². The quantitative estimate of drug-likeness (QED) is 0.829. The molecule has 88 valence electrons. The fraction of sp³-hybridized carbons (Fsp3) is 0.800. The Morgan fingerprint density at radius 1 is 1.44 bits per heavy atom. The largest absolute Gasteiger partial charge is 0.333 e. The standard InChI is InChI=1S/C10H17N5O/c1-2-15(8-6-4-3-5-7-8)10(16)9-11-13-14-12-9/h8H,2-7H2,1H3,(H,11,12,13,14). The maximum Gasteiger partial charge on any atom is 0.295 e. The molecule has 1 heterocycles. The molecule has 6 nitrogen and oxygen atoms in total. The van der Waals surface area contributed by atoms with E-state index in [1.165, 1.54) is 19.3 Å². The van der Waals surface area contributed by atoms with Gasteiger partial charge < -0.3 is 4.90 Å². The maximum absolute atomic E-state index is 12.1. The number of amides is 1. The average molecular weight is 223 g/mol. The lowest BCUT2D eigenvalue weighted by Crippen LogP contribution is -2.41. The van der Waals surface area contributed by atoms with Crippen LogP contribution in [0, 0.1) is 0 Å². The van der Waals surface area contributed by atoms with Gasteiger partial charge in [0.05, 0.1) is 0 Å². The van der Waals surface area contributed by atoms with E-state index >= 15 is 0 Å². The van der Waals surface area contributed by atoms with Crippen molar-refractivity contribution in [3.63, 3.8) is 0 Å². The molecule has 0 bridgehead atoms. The Morgan fingerprint density at radius 3 is 2.75 bits per heavy atom. The first-order valence-electron chi connectivity index (χ1n) is 5.87. The number of nitrogens with one attached hydrogen (secondary N) is 1. The highest BCUT2D eigenvalue weighted by Gasteiger charge is 2.26. The normalized spacial score (nSPS) is 17.3. The molecule has 2 rings (SSSR count). The molecule has 0 aromatic carbocycles. The summed E-state index contributed by atoms with van der Waals surface area (Å²) in [5.74, 6) is 0.0653.